The van der Waals surface area contributed by atoms with E-state index in [1.165, 1.54) is 22.4 Å². The molecule has 6 rings (SSSR count). The van der Waals surface area contributed by atoms with Crippen molar-refractivity contribution in [2.45, 2.75) is 71.3 Å². The Hall–Kier alpha value is -3.62. The van der Waals surface area contributed by atoms with E-state index in [2.05, 4.69) is 48.2 Å². The molecule has 1 saturated heterocycles. The molecule has 1 amide bonds. The fraction of sp³-hybridized carbons (Fsp3) is 0.471. The van der Waals surface area contributed by atoms with Crippen LogP contribution in [-0.4, -0.2) is 62.9 Å². The summed E-state index contributed by atoms with van der Waals surface area (Å²) in [7, 11) is 0. The van der Waals surface area contributed by atoms with E-state index in [0.29, 0.717) is 34.9 Å². The molecule has 8 heteroatoms. The second-order valence-corrected chi connectivity index (χ2v) is 12.1. The zero-order chi connectivity index (χ0) is 29.9. The van der Waals surface area contributed by atoms with E-state index < -0.39 is 11.9 Å². The van der Waals surface area contributed by atoms with Gasteiger partial charge in [0, 0.05) is 49.1 Å². The maximum absolute atomic E-state index is 14.5. The minimum absolute atomic E-state index is 0.0257. The third kappa shape index (κ3) is 5.83. The van der Waals surface area contributed by atoms with Crippen molar-refractivity contribution in [2.24, 2.45) is 11.8 Å². The first-order valence-corrected chi connectivity index (χ1v) is 15.3. The second-order valence-electron chi connectivity index (χ2n) is 12.1. The molecule has 2 aliphatic carbocycles. The maximum Gasteiger partial charge on any atom is 0.328 e. The zero-order valence-corrected chi connectivity index (χ0v) is 24.4. The van der Waals surface area contributed by atoms with Crippen LogP contribution in [0.2, 0.25) is 0 Å². The molecule has 2 unspecified atom stereocenters. The van der Waals surface area contributed by atoms with E-state index >= 15 is 0 Å². The Labute approximate surface area is 247 Å². The van der Waals surface area contributed by atoms with E-state index in [0.717, 1.165) is 88.8 Å². The van der Waals surface area contributed by atoms with Gasteiger partial charge in [0.05, 0.1) is 18.0 Å². The molecule has 3 heterocycles. The van der Waals surface area contributed by atoms with Crippen molar-refractivity contribution in [1.29, 1.82) is 0 Å². The number of rotatable bonds is 6. The van der Waals surface area contributed by atoms with Gasteiger partial charge in [0.1, 0.15) is 5.70 Å². The SMILES string of the molecule is CC(C(=O)[N+]12CCC=C3CCC(=O)C(=C31)C1=C2CCCC1)C1CCN(Cc2ccccc2)CC1.O=C(O)/C=C/C(=O)O. The number of carbonyl (C=O) groups excluding carboxylic acids is 2. The topological polar surface area (TPSA) is 112 Å². The van der Waals surface area contributed by atoms with Crippen LogP contribution in [0.15, 0.2) is 76.7 Å². The van der Waals surface area contributed by atoms with Gasteiger partial charge in [-0.05, 0) is 70.0 Å². The van der Waals surface area contributed by atoms with Gasteiger partial charge in [0.2, 0.25) is 0 Å². The molecule has 1 aromatic carbocycles. The summed E-state index contributed by atoms with van der Waals surface area (Å²) in [5, 5.41) is 15.6. The van der Waals surface area contributed by atoms with Crippen LogP contribution in [0.4, 0.5) is 0 Å². The Morgan fingerprint density at radius 3 is 2.31 bits per heavy atom. The summed E-state index contributed by atoms with van der Waals surface area (Å²) in [6.45, 7) is 6.13. The van der Waals surface area contributed by atoms with Gasteiger partial charge in [-0.15, -0.1) is 0 Å². The van der Waals surface area contributed by atoms with Gasteiger partial charge in [-0.2, -0.15) is 4.48 Å². The quantitative estimate of drug-likeness (QED) is 0.347. The summed E-state index contributed by atoms with van der Waals surface area (Å²) in [5.74, 6) is -1.39. The molecule has 0 saturated carbocycles. The highest BCUT2D eigenvalue weighted by Crippen LogP contribution is 2.55. The predicted molar refractivity (Wildman–Crippen MR) is 158 cm³/mol. The highest BCUT2D eigenvalue weighted by molar-refractivity contribution is 6.04. The molecular formula is C34H41N2O6+. The number of ketones is 1. The minimum atomic E-state index is -1.26. The number of amides is 1. The van der Waals surface area contributed by atoms with Crippen LogP contribution in [0.25, 0.3) is 0 Å². The Kier molecular flexibility index (Phi) is 9.04. The number of hydrogen-bond donors (Lipinski definition) is 2. The molecular weight excluding hydrogens is 532 g/mol. The number of nitrogens with zero attached hydrogens (tertiary/aromatic N) is 2. The van der Waals surface area contributed by atoms with Crippen molar-refractivity contribution in [2.75, 3.05) is 19.6 Å². The molecule has 5 aliphatic rings. The summed E-state index contributed by atoms with van der Waals surface area (Å²) in [4.78, 5) is 49.3. The Morgan fingerprint density at radius 1 is 0.976 bits per heavy atom. The zero-order valence-electron chi connectivity index (χ0n) is 24.4. The lowest BCUT2D eigenvalue weighted by molar-refractivity contribution is -0.778. The van der Waals surface area contributed by atoms with Crippen LogP contribution >= 0.6 is 0 Å². The van der Waals surface area contributed by atoms with Crippen molar-refractivity contribution >= 4 is 23.6 Å². The van der Waals surface area contributed by atoms with Gasteiger partial charge in [0.15, 0.2) is 11.5 Å². The van der Waals surface area contributed by atoms with Crippen LogP contribution in [0.1, 0.15) is 70.3 Å². The summed E-state index contributed by atoms with van der Waals surface area (Å²) in [5.41, 5.74) is 7.31. The molecule has 0 aromatic heterocycles. The Balaban J connectivity index is 0.000000390. The highest BCUT2D eigenvalue weighted by Gasteiger charge is 2.59. The van der Waals surface area contributed by atoms with E-state index in [9.17, 15) is 19.2 Å². The number of aliphatic carboxylic acids is 2. The molecule has 3 aliphatic heterocycles. The molecule has 1 fully saturated rings. The molecule has 0 spiro atoms. The van der Waals surface area contributed by atoms with Crippen molar-refractivity contribution in [3.8, 4) is 0 Å². The van der Waals surface area contributed by atoms with Gasteiger partial charge in [-0.25, -0.2) is 14.4 Å². The van der Waals surface area contributed by atoms with Crippen LogP contribution in [0.3, 0.4) is 0 Å². The molecule has 2 atom stereocenters. The van der Waals surface area contributed by atoms with Gasteiger partial charge >= 0.3 is 17.8 Å². The lowest BCUT2D eigenvalue weighted by Gasteiger charge is -2.43. The van der Waals surface area contributed by atoms with Crippen molar-refractivity contribution in [3.63, 3.8) is 0 Å². The largest absolute Gasteiger partial charge is 0.478 e. The third-order valence-corrected chi connectivity index (χ3v) is 9.60. The number of carboxylic acids is 2. The molecule has 222 valence electrons. The number of hydrogen-bond acceptors (Lipinski definition) is 5. The predicted octanol–water partition coefficient (Wildman–Crippen LogP) is 5.38. The maximum atomic E-state index is 14.5. The summed E-state index contributed by atoms with van der Waals surface area (Å²) >= 11 is 0. The fourth-order valence-corrected chi connectivity index (χ4v) is 7.62. The van der Waals surface area contributed by atoms with Crippen molar-refractivity contribution in [1.82, 2.24) is 4.90 Å². The number of carboxylic acid groups (broad SMARTS) is 2. The van der Waals surface area contributed by atoms with E-state index in [1.807, 2.05) is 0 Å². The van der Waals surface area contributed by atoms with Gasteiger partial charge in [0.25, 0.3) is 0 Å². The van der Waals surface area contributed by atoms with E-state index in [1.54, 1.807) is 0 Å². The minimum Gasteiger partial charge on any atom is -0.478 e. The van der Waals surface area contributed by atoms with E-state index in [-0.39, 0.29) is 11.7 Å². The number of Topliss-reactive ketones (excluding diaryl/α,β-unsaturated/α-hetero) is 1. The normalized spacial score (nSPS) is 24.9. The number of likely N-dealkylation sites (tertiary alicyclic amines) is 1. The fourth-order valence-electron chi connectivity index (χ4n) is 7.62. The summed E-state index contributed by atoms with van der Waals surface area (Å²) < 4.78 is 0.410. The van der Waals surface area contributed by atoms with Gasteiger partial charge < -0.3 is 10.2 Å². The van der Waals surface area contributed by atoms with Crippen LogP contribution in [0, 0.1) is 11.8 Å². The molecule has 0 radical (unpaired) electrons. The molecule has 1 aromatic rings. The van der Waals surface area contributed by atoms with Gasteiger partial charge in [-0.3, -0.25) is 9.69 Å². The molecule has 8 nitrogen and oxygen atoms in total. The smallest absolute Gasteiger partial charge is 0.328 e. The van der Waals surface area contributed by atoms with Crippen molar-refractivity contribution in [3.05, 3.63) is 82.2 Å². The third-order valence-electron chi connectivity index (χ3n) is 9.60. The monoisotopic (exact) mass is 573 g/mol. The molecule has 2 N–H and O–H groups in total. The lowest BCUT2D eigenvalue weighted by Crippen LogP contribution is -2.56. The van der Waals surface area contributed by atoms with Crippen LogP contribution in [0.5, 0.6) is 0 Å². The first-order valence-electron chi connectivity index (χ1n) is 15.3. The number of allylic oxidation sites excluding steroid dienone is 4. The highest BCUT2D eigenvalue weighted by atomic mass is 16.4. The standard InChI is InChI=1S/C30H37N2O2.C4H4O4/c1-21(23-15-17-31(18-16-23)20-22-8-3-2-4-9-22)30(34)32-19-7-10-24-13-14-27(33)28(29(24)32)25-11-5-6-12-26(25)32;5-3(6)1-2-4(7)8/h2-4,8-10,21,23H,5-7,11-20H2,1H3;1-2H,(H,5,6)(H,7,8)/q+1;/b;2-1+. The van der Waals surface area contributed by atoms with Crippen LogP contribution < -0.4 is 0 Å². The average Bonchev–Trinajstić information content (AvgIpc) is 3.31. The number of benzene rings is 1. The number of piperidine rings is 1. The second kappa shape index (κ2) is 12.7. The summed E-state index contributed by atoms with van der Waals surface area (Å²) in [6.07, 6.45) is 12.2. The van der Waals surface area contributed by atoms with Gasteiger partial charge in [-0.1, -0.05) is 36.4 Å². The number of quaternary nitrogens is 1. The first-order chi connectivity index (χ1) is 20.2. The Morgan fingerprint density at radius 2 is 1.64 bits per heavy atom. The van der Waals surface area contributed by atoms with Crippen LogP contribution in [-0.2, 0) is 25.7 Å². The average molecular weight is 574 g/mol. The lowest BCUT2D eigenvalue weighted by atomic mass is 9.81. The van der Waals surface area contributed by atoms with E-state index in [4.69, 9.17) is 10.2 Å². The van der Waals surface area contributed by atoms with Crippen molar-refractivity contribution < 1.29 is 33.9 Å². The molecule has 42 heavy (non-hydrogen) atoms. The first kappa shape index (κ1) is 29.9. The Bertz CT molecular complexity index is 1360. The summed E-state index contributed by atoms with van der Waals surface area (Å²) in [6, 6.07) is 10.7. The molecule has 0 bridgehead atoms. The number of fused-ring (bicyclic) bond motifs is 2. The number of carbonyl (C=O) groups is 4.